The first-order valence-electron chi connectivity index (χ1n) is 8.88. The minimum absolute atomic E-state index is 0.0396. The molecule has 6 heteroatoms. The topological polar surface area (TPSA) is 55.2 Å². The number of hydrogen-bond acceptors (Lipinski definition) is 3. The minimum Gasteiger partial charge on any atom is -0.334 e. The molecule has 3 rings (SSSR count). The van der Waals surface area contributed by atoms with Gasteiger partial charge in [0.1, 0.15) is 5.82 Å². The molecule has 140 valence electrons. The van der Waals surface area contributed by atoms with E-state index in [9.17, 15) is 14.0 Å². The molecular formula is C21H22FN3O2. The van der Waals surface area contributed by atoms with E-state index in [0.717, 1.165) is 11.7 Å². The molecule has 0 aliphatic carbocycles. The van der Waals surface area contributed by atoms with Crippen LogP contribution in [0, 0.1) is 5.82 Å². The number of amides is 1. The van der Waals surface area contributed by atoms with Crippen LogP contribution in [0.25, 0.3) is 16.6 Å². The van der Waals surface area contributed by atoms with Gasteiger partial charge in [0.15, 0.2) is 6.29 Å². The maximum absolute atomic E-state index is 14.0. The van der Waals surface area contributed by atoms with E-state index in [2.05, 4.69) is 4.98 Å². The van der Waals surface area contributed by atoms with Crippen molar-refractivity contribution in [2.45, 2.75) is 39.8 Å². The Labute approximate surface area is 157 Å². The molecule has 5 nitrogen and oxygen atoms in total. The molecule has 0 bridgehead atoms. The van der Waals surface area contributed by atoms with E-state index in [0.29, 0.717) is 16.8 Å². The quantitative estimate of drug-likeness (QED) is 0.634. The number of halogens is 1. The van der Waals surface area contributed by atoms with Crippen LogP contribution in [-0.4, -0.2) is 38.7 Å². The molecule has 2 heterocycles. The Hall–Kier alpha value is -3.02. The molecule has 1 amide bonds. The maximum Gasteiger partial charge on any atom is 0.256 e. The van der Waals surface area contributed by atoms with Crippen molar-refractivity contribution in [2.24, 2.45) is 0 Å². The monoisotopic (exact) mass is 367 g/mol. The van der Waals surface area contributed by atoms with Crippen LogP contribution >= 0.6 is 0 Å². The molecule has 0 atom stereocenters. The summed E-state index contributed by atoms with van der Waals surface area (Å²) in [6, 6.07) is 5.78. The van der Waals surface area contributed by atoms with Crippen LogP contribution in [0.5, 0.6) is 0 Å². The zero-order valence-electron chi connectivity index (χ0n) is 15.8. The largest absolute Gasteiger partial charge is 0.334 e. The highest BCUT2D eigenvalue weighted by Gasteiger charge is 2.25. The number of aldehydes is 1. The van der Waals surface area contributed by atoms with Crippen LogP contribution in [0.3, 0.4) is 0 Å². The van der Waals surface area contributed by atoms with Gasteiger partial charge in [-0.3, -0.25) is 14.6 Å². The van der Waals surface area contributed by atoms with E-state index >= 15 is 0 Å². The second-order valence-corrected chi connectivity index (χ2v) is 7.03. The van der Waals surface area contributed by atoms with Crippen molar-refractivity contribution in [3.05, 3.63) is 59.8 Å². The fourth-order valence-corrected chi connectivity index (χ4v) is 3.49. The van der Waals surface area contributed by atoms with Crippen molar-refractivity contribution in [1.29, 1.82) is 0 Å². The lowest BCUT2D eigenvalue weighted by molar-refractivity contribution is 0.0643. The lowest BCUT2D eigenvalue weighted by atomic mass is 10.1. The molecule has 0 saturated heterocycles. The second kappa shape index (κ2) is 7.31. The number of rotatable bonds is 5. The molecule has 0 spiro atoms. The number of nitrogens with zero attached hydrogens (tertiary/aromatic N) is 3. The Balaban J connectivity index is 2.25. The third-order valence-corrected chi connectivity index (χ3v) is 4.56. The number of hydrogen-bond donors (Lipinski definition) is 0. The van der Waals surface area contributed by atoms with E-state index in [4.69, 9.17) is 0 Å². The zero-order valence-corrected chi connectivity index (χ0v) is 15.8. The summed E-state index contributed by atoms with van der Waals surface area (Å²) in [4.78, 5) is 30.5. The van der Waals surface area contributed by atoms with Gasteiger partial charge in [-0.25, -0.2) is 4.39 Å². The van der Waals surface area contributed by atoms with E-state index in [1.807, 2.05) is 27.7 Å². The number of pyridine rings is 1. The van der Waals surface area contributed by atoms with Crippen LogP contribution in [0.4, 0.5) is 4.39 Å². The average molecular weight is 367 g/mol. The summed E-state index contributed by atoms with van der Waals surface area (Å²) in [7, 11) is 0. The molecule has 0 aliphatic heterocycles. The predicted molar refractivity (Wildman–Crippen MR) is 103 cm³/mol. The van der Waals surface area contributed by atoms with Gasteiger partial charge in [-0.2, -0.15) is 0 Å². The fourth-order valence-electron chi connectivity index (χ4n) is 3.49. The number of aromatic nitrogens is 2. The van der Waals surface area contributed by atoms with E-state index in [1.54, 1.807) is 40.2 Å². The Bertz CT molecular complexity index is 1000. The molecule has 0 fully saturated rings. The van der Waals surface area contributed by atoms with Gasteiger partial charge >= 0.3 is 0 Å². The van der Waals surface area contributed by atoms with E-state index in [1.165, 1.54) is 12.1 Å². The molecule has 0 aliphatic rings. The number of carbonyl (C=O) groups is 2. The van der Waals surface area contributed by atoms with Crippen molar-refractivity contribution in [2.75, 3.05) is 0 Å². The Morgan fingerprint density at radius 2 is 1.89 bits per heavy atom. The van der Waals surface area contributed by atoms with Gasteiger partial charge in [-0.15, -0.1) is 0 Å². The summed E-state index contributed by atoms with van der Waals surface area (Å²) in [5.74, 6) is -0.743. The van der Waals surface area contributed by atoms with Crippen LogP contribution < -0.4 is 0 Å². The summed E-state index contributed by atoms with van der Waals surface area (Å²) in [5, 5.41) is 0.729. The number of carbonyl (C=O) groups excluding carboxylic acids is 2. The number of benzene rings is 1. The van der Waals surface area contributed by atoms with Gasteiger partial charge in [0.25, 0.3) is 5.91 Å². The first-order valence-corrected chi connectivity index (χ1v) is 8.88. The fraction of sp³-hybridized carbons (Fsp3) is 0.286. The van der Waals surface area contributed by atoms with Crippen molar-refractivity contribution >= 4 is 23.1 Å². The summed E-state index contributed by atoms with van der Waals surface area (Å²) < 4.78 is 15.7. The van der Waals surface area contributed by atoms with Gasteiger partial charge in [-0.05, 0) is 52.0 Å². The van der Waals surface area contributed by atoms with Crippen molar-refractivity contribution in [3.8, 4) is 5.69 Å². The predicted octanol–water partition coefficient (Wildman–Crippen LogP) is 4.24. The van der Waals surface area contributed by atoms with Crippen LogP contribution in [0.15, 0.2) is 42.9 Å². The van der Waals surface area contributed by atoms with Gasteiger partial charge in [-0.1, -0.05) is 0 Å². The molecule has 0 N–H and O–H groups in total. The van der Waals surface area contributed by atoms with Crippen molar-refractivity contribution in [3.63, 3.8) is 0 Å². The first kappa shape index (κ1) is 18.8. The van der Waals surface area contributed by atoms with Crippen molar-refractivity contribution in [1.82, 2.24) is 14.5 Å². The van der Waals surface area contributed by atoms with Gasteiger partial charge in [0.2, 0.25) is 0 Å². The Morgan fingerprint density at radius 1 is 1.19 bits per heavy atom. The molecule has 3 aromatic rings. The average Bonchev–Trinajstić information content (AvgIpc) is 2.99. The van der Waals surface area contributed by atoms with Crippen LogP contribution in [0.2, 0.25) is 0 Å². The Kier molecular flexibility index (Phi) is 5.08. The maximum atomic E-state index is 14.0. The van der Waals surface area contributed by atoms with Crippen LogP contribution in [-0.2, 0) is 0 Å². The molecule has 0 radical (unpaired) electrons. The highest BCUT2D eigenvalue weighted by molar-refractivity contribution is 6.01. The molecule has 0 unspecified atom stereocenters. The highest BCUT2D eigenvalue weighted by Crippen LogP contribution is 2.27. The van der Waals surface area contributed by atoms with E-state index < -0.39 is 5.82 Å². The Morgan fingerprint density at radius 3 is 2.52 bits per heavy atom. The lowest BCUT2D eigenvalue weighted by Crippen LogP contribution is -2.42. The summed E-state index contributed by atoms with van der Waals surface area (Å²) in [6.07, 6.45) is 5.65. The zero-order chi connectivity index (χ0) is 19.7. The lowest BCUT2D eigenvalue weighted by Gasteiger charge is -2.31. The molecular weight excluding hydrogens is 345 g/mol. The normalized spacial score (nSPS) is 11.4. The van der Waals surface area contributed by atoms with Crippen molar-refractivity contribution < 1.29 is 14.0 Å². The summed E-state index contributed by atoms with van der Waals surface area (Å²) >= 11 is 0. The molecule has 0 saturated carbocycles. The third-order valence-electron chi connectivity index (χ3n) is 4.56. The number of fused-ring (bicyclic) bond motifs is 1. The molecule has 2 aromatic heterocycles. The van der Waals surface area contributed by atoms with Crippen LogP contribution in [0.1, 0.15) is 48.4 Å². The minimum atomic E-state index is -0.486. The standard InChI is InChI=1S/C21H22FN3O2/c1-13(2)25(14(3)4)21(27)18-9-16(22)5-6-19(18)24-11-15(12-26)17-7-8-23-10-20(17)24/h5-14H,1-4H3. The molecule has 27 heavy (non-hydrogen) atoms. The third kappa shape index (κ3) is 3.35. The van der Waals surface area contributed by atoms with Gasteiger partial charge in [0.05, 0.1) is 23.0 Å². The SMILES string of the molecule is CC(C)N(C(=O)c1cc(F)ccc1-n1cc(C=O)c2ccncc21)C(C)C. The summed E-state index contributed by atoms with van der Waals surface area (Å²) in [6.45, 7) is 7.71. The summed E-state index contributed by atoms with van der Waals surface area (Å²) in [5.41, 5.74) is 1.93. The molecule has 1 aromatic carbocycles. The van der Waals surface area contributed by atoms with E-state index in [-0.39, 0.29) is 23.6 Å². The van der Waals surface area contributed by atoms with Gasteiger partial charge in [0, 0.05) is 35.4 Å². The highest BCUT2D eigenvalue weighted by atomic mass is 19.1. The first-order chi connectivity index (χ1) is 12.8. The second-order valence-electron chi connectivity index (χ2n) is 7.03. The van der Waals surface area contributed by atoms with Gasteiger partial charge < -0.3 is 9.47 Å². The smallest absolute Gasteiger partial charge is 0.256 e.